The van der Waals surface area contributed by atoms with Crippen molar-refractivity contribution in [3.8, 4) is 0 Å². The van der Waals surface area contributed by atoms with Gasteiger partial charge in [-0.15, -0.1) is 0 Å². The number of benzene rings is 1. The molecule has 1 unspecified atom stereocenters. The van der Waals surface area contributed by atoms with Gasteiger partial charge in [0.1, 0.15) is 5.82 Å². The van der Waals surface area contributed by atoms with Gasteiger partial charge in [0.25, 0.3) is 0 Å². The van der Waals surface area contributed by atoms with Gasteiger partial charge in [-0.3, -0.25) is 0 Å². The summed E-state index contributed by atoms with van der Waals surface area (Å²) < 4.78 is 13.3. The molecule has 0 aliphatic heterocycles. The zero-order chi connectivity index (χ0) is 14.3. The summed E-state index contributed by atoms with van der Waals surface area (Å²) >= 11 is 6.16. The van der Waals surface area contributed by atoms with Gasteiger partial charge in [0.15, 0.2) is 0 Å². The highest BCUT2D eigenvalue weighted by Crippen LogP contribution is 2.24. The first-order valence-corrected chi connectivity index (χ1v) is 7.61. The second-order valence-electron chi connectivity index (χ2n) is 5.17. The lowest BCUT2D eigenvalue weighted by molar-refractivity contribution is 0.322. The average Bonchev–Trinajstić information content (AvgIpc) is 2.39. The van der Waals surface area contributed by atoms with Crippen molar-refractivity contribution in [1.82, 2.24) is 5.32 Å². The van der Waals surface area contributed by atoms with Gasteiger partial charge in [0.05, 0.1) is 0 Å². The minimum Gasteiger partial charge on any atom is -0.316 e. The Hall–Kier alpha value is -0.600. The average molecular weight is 286 g/mol. The summed E-state index contributed by atoms with van der Waals surface area (Å²) in [5.74, 6) is 0.413. The number of nitrogens with one attached hydrogen (secondary N) is 1. The summed E-state index contributed by atoms with van der Waals surface area (Å²) in [5, 5.41) is 4.05. The zero-order valence-electron chi connectivity index (χ0n) is 12.2. The summed E-state index contributed by atoms with van der Waals surface area (Å²) in [6.45, 7) is 4.43. The van der Waals surface area contributed by atoms with E-state index in [4.69, 9.17) is 11.6 Å². The maximum absolute atomic E-state index is 13.3. The molecule has 1 aromatic carbocycles. The lowest BCUT2D eigenvalue weighted by Crippen LogP contribution is -2.35. The van der Waals surface area contributed by atoms with Crippen LogP contribution in [0.2, 0.25) is 5.02 Å². The highest BCUT2D eigenvalue weighted by atomic mass is 35.5. The fourth-order valence-electron chi connectivity index (χ4n) is 2.73. The van der Waals surface area contributed by atoms with E-state index in [0.29, 0.717) is 17.0 Å². The summed E-state index contributed by atoms with van der Waals surface area (Å²) in [5.41, 5.74) is 0.901. The van der Waals surface area contributed by atoms with Crippen LogP contribution in [0.1, 0.15) is 45.1 Å². The van der Waals surface area contributed by atoms with Crippen LogP contribution in [-0.2, 0) is 6.42 Å². The first-order valence-electron chi connectivity index (χ1n) is 7.23. The molecule has 1 rings (SSSR count). The maximum Gasteiger partial charge on any atom is 0.123 e. The molecule has 0 saturated heterocycles. The first kappa shape index (κ1) is 16.5. The van der Waals surface area contributed by atoms with Crippen LogP contribution in [-0.4, -0.2) is 13.1 Å². The molecule has 1 atom stereocenters. The van der Waals surface area contributed by atoms with E-state index >= 15 is 0 Å². The molecule has 1 N–H and O–H groups in total. The molecule has 0 heterocycles. The van der Waals surface area contributed by atoms with Crippen molar-refractivity contribution in [3.05, 3.63) is 34.6 Å². The van der Waals surface area contributed by atoms with Crippen LogP contribution in [0.25, 0.3) is 0 Å². The third-order valence-electron chi connectivity index (χ3n) is 3.71. The lowest BCUT2D eigenvalue weighted by atomic mass is 9.87. The fraction of sp³-hybridized carbons (Fsp3) is 0.625. The molecule has 3 heteroatoms. The van der Waals surface area contributed by atoms with Crippen molar-refractivity contribution in [3.63, 3.8) is 0 Å². The van der Waals surface area contributed by atoms with E-state index in [1.54, 1.807) is 12.1 Å². The Kier molecular flexibility index (Phi) is 7.40. The number of likely N-dealkylation sites (N-methyl/N-ethyl adjacent to an activating group) is 1. The Morgan fingerprint density at radius 2 is 1.84 bits per heavy atom. The van der Waals surface area contributed by atoms with Gasteiger partial charge in [-0.25, -0.2) is 4.39 Å². The number of hydrogen-bond donors (Lipinski definition) is 1. The molecule has 0 amide bonds. The van der Waals surface area contributed by atoms with Crippen LogP contribution < -0.4 is 5.32 Å². The SMILES string of the molecule is CCCC(CCC)C(Cc1cc(F)ccc1Cl)NC. The molecule has 0 fully saturated rings. The second kappa shape index (κ2) is 8.55. The molecule has 0 aromatic heterocycles. The van der Waals surface area contributed by atoms with Crippen molar-refractivity contribution in [2.24, 2.45) is 5.92 Å². The van der Waals surface area contributed by atoms with E-state index in [-0.39, 0.29) is 5.82 Å². The van der Waals surface area contributed by atoms with Crippen molar-refractivity contribution in [1.29, 1.82) is 0 Å². The van der Waals surface area contributed by atoms with E-state index in [1.165, 1.54) is 31.7 Å². The van der Waals surface area contributed by atoms with Crippen LogP contribution in [0.3, 0.4) is 0 Å². The summed E-state index contributed by atoms with van der Waals surface area (Å²) in [6, 6.07) is 4.98. The standard InChI is InChI=1S/C16H25ClFN/c1-4-6-12(7-5-2)16(19-3)11-13-10-14(18)8-9-15(13)17/h8-10,12,16,19H,4-7,11H2,1-3H3. The van der Waals surface area contributed by atoms with Gasteiger partial charge in [0, 0.05) is 11.1 Å². The largest absolute Gasteiger partial charge is 0.316 e. The molecule has 0 spiro atoms. The molecule has 0 aliphatic rings. The number of hydrogen-bond acceptors (Lipinski definition) is 1. The second-order valence-corrected chi connectivity index (χ2v) is 5.58. The highest BCUT2D eigenvalue weighted by molar-refractivity contribution is 6.31. The van der Waals surface area contributed by atoms with E-state index in [1.807, 2.05) is 7.05 Å². The first-order chi connectivity index (χ1) is 9.12. The summed E-state index contributed by atoms with van der Waals surface area (Å²) in [7, 11) is 1.98. The molecule has 1 aromatic rings. The normalized spacial score (nSPS) is 12.9. The van der Waals surface area contributed by atoms with E-state index < -0.39 is 0 Å². The van der Waals surface area contributed by atoms with Gasteiger partial charge < -0.3 is 5.32 Å². The lowest BCUT2D eigenvalue weighted by Gasteiger charge is -2.27. The predicted octanol–water partition coefficient (Wildman–Crippen LogP) is 4.83. The third kappa shape index (κ3) is 5.12. The molecule has 0 saturated carbocycles. The van der Waals surface area contributed by atoms with Crippen molar-refractivity contribution >= 4 is 11.6 Å². The predicted molar refractivity (Wildman–Crippen MR) is 81.3 cm³/mol. The molecular formula is C16H25ClFN. The molecule has 19 heavy (non-hydrogen) atoms. The van der Waals surface area contributed by atoms with Crippen LogP contribution >= 0.6 is 11.6 Å². The Bertz CT molecular complexity index is 375. The maximum atomic E-state index is 13.3. The van der Waals surface area contributed by atoms with Crippen molar-refractivity contribution < 1.29 is 4.39 Å². The minimum absolute atomic E-state index is 0.211. The van der Waals surface area contributed by atoms with Crippen LogP contribution in [0.4, 0.5) is 4.39 Å². The summed E-state index contributed by atoms with van der Waals surface area (Å²) in [6.07, 6.45) is 5.55. The third-order valence-corrected chi connectivity index (χ3v) is 4.08. The fourth-order valence-corrected chi connectivity index (χ4v) is 2.92. The van der Waals surface area contributed by atoms with E-state index in [9.17, 15) is 4.39 Å². The summed E-state index contributed by atoms with van der Waals surface area (Å²) in [4.78, 5) is 0. The van der Waals surface area contributed by atoms with E-state index in [2.05, 4.69) is 19.2 Å². The van der Waals surface area contributed by atoms with Crippen molar-refractivity contribution in [2.45, 2.75) is 52.0 Å². The van der Waals surface area contributed by atoms with Gasteiger partial charge >= 0.3 is 0 Å². The highest BCUT2D eigenvalue weighted by Gasteiger charge is 2.20. The Balaban J connectivity index is 2.81. The zero-order valence-corrected chi connectivity index (χ0v) is 12.9. The van der Waals surface area contributed by atoms with Crippen LogP contribution in [0.5, 0.6) is 0 Å². The Labute approximate surface area is 121 Å². The Morgan fingerprint density at radius 1 is 1.21 bits per heavy atom. The molecule has 0 radical (unpaired) electrons. The van der Waals surface area contributed by atoms with Gasteiger partial charge in [-0.2, -0.15) is 0 Å². The monoisotopic (exact) mass is 285 g/mol. The molecule has 0 bridgehead atoms. The smallest absolute Gasteiger partial charge is 0.123 e. The van der Waals surface area contributed by atoms with Crippen LogP contribution in [0.15, 0.2) is 18.2 Å². The molecular weight excluding hydrogens is 261 g/mol. The van der Waals surface area contributed by atoms with Crippen molar-refractivity contribution in [2.75, 3.05) is 7.05 Å². The van der Waals surface area contributed by atoms with Crippen LogP contribution in [0, 0.1) is 11.7 Å². The topological polar surface area (TPSA) is 12.0 Å². The van der Waals surface area contributed by atoms with Gasteiger partial charge in [-0.05, 0) is 56.0 Å². The molecule has 1 nitrogen and oxygen atoms in total. The molecule has 108 valence electrons. The minimum atomic E-state index is -0.211. The number of rotatable bonds is 8. The van der Waals surface area contributed by atoms with E-state index in [0.717, 1.165) is 12.0 Å². The molecule has 0 aliphatic carbocycles. The number of halogens is 2. The Morgan fingerprint density at radius 3 is 2.37 bits per heavy atom. The van der Waals surface area contributed by atoms with Gasteiger partial charge in [0.2, 0.25) is 0 Å². The van der Waals surface area contributed by atoms with Gasteiger partial charge in [-0.1, -0.05) is 38.3 Å². The quantitative estimate of drug-likeness (QED) is 0.722.